The summed E-state index contributed by atoms with van der Waals surface area (Å²) in [5, 5.41) is 12.1. The van der Waals surface area contributed by atoms with Crippen LogP contribution in [0.15, 0.2) is 24.3 Å². The number of benzene rings is 1. The predicted molar refractivity (Wildman–Crippen MR) is 56.9 cm³/mol. The Labute approximate surface area is 97.2 Å². The van der Waals surface area contributed by atoms with Gasteiger partial charge in [0.1, 0.15) is 5.75 Å². The number of alkyl halides is 3. The fourth-order valence-corrected chi connectivity index (χ4v) is 1.49. The molecule has 2 N–H and O–H groups in total. The Bertz CT molecular complexity index is 364. The largest absolute Gasteiger partial charge is 0.497 e. The summed E-state index contributed by atoms with van der Waals surface area (Å²) in [5.41, 5.74) is -3.12. The van der Waals surface area contributed by atoms with Crippen LogP contribution in [0.2, 0.25) is 0 Å². The molecule has 0 bridgehead atoms. The molecule has 3 nitrogen and oxygen atoms in total. The molecule has 1 aromatic rings. The number of hydrogen-bond donors (Lipinski definition) is 2. The van der Waals surface area contributed by atoms with Gasteiger partial charge in [-0.15, -0.1) is 0 Å². The third-order valence-corrected chi connectivity index (χ3v) is 2.47. The number of ether oxygens (including phenoxy) is 1. The quantitative estimate of drug-likeness (QED) is 0.852. The zero-order valence-corrected chi connectivity index (χ0v) is 9.51. The lowest BCUT2D eigenvalue weighted by molar-refractivity contribution is -0.264. The van der Waals surface area contributed by atoms with Crippen LogP contribution in [0, 0.1) is 0 Å². The second-order valence-electron chi connectivity index (χ2n) is 3.62. The van der Waals surface area contributed by atoms with Gasteiger partial charge < -0.3 is 15.2 Å². The van der Waals surface area contributed by atoms with E-state index < -0.39 is 18.3 Å². The van der Waals surface area contributed by atoms with E-state index in [4.69, 9.17) is 4.74 Å². The summed E-state index contributed by atoms with van der Waals surface area (Å²) in [6, 6.07) is 5.15. The highest BCUT2D eigenvalue weighted by atomic mass is 19.4. The van der Waals surface area contributed by atoms with Crippen LogP contribution >= 0.6 is 0 Å². The maximum atomic E-state index is 12.8. The van der Waals surface area contributed by atoms with Crippen molar-refractivity contribution < 1.29 is 23.0 Å². The molecule has 0 spiro atoms. The average Bonchev–Trinajstić information content (AvgIpc) is 2.28. The zero-order chi connectivity index (χ0) is 13.1. The van der Waals surface area contributed by atoms with Gasteiger partial charge in [-0.3, -0.25) is 0 Å². The maximum Gasteiger partial charge on any atom is 0.422 e. The van der Waals surface area contributed by atoms with Gasteiger partial charge in [-0.25, -0.2) is 0 Å². The lowest BCUT2D eigenvalue weighted by Crippen LogP contribution is -2.49. The van der Waals surface area contributed by atoms with Gasteiger partial charge in [0.2, 0.25) is 0 Å². The number of methoxy groups -OCH3 is 1. The summed E-state index contributed by atoms with van der Waals surface area (Å²) in [5.74, 6) is 0.433. The van der Waals surface area contributed by atoms with Crippen molar-refractivity contribution in [2.24, 2.45) is 0 Å². The van der Waals surface area contributed by atoms with E-state index in [0.29, 0.717) is 5.75 Å². The van der Waals surface area contributed by atoms with Crippen molar-refractivity contribution in [3.8, 4) is 5.75 Å². The molecule has 0 radical (unpaired) electrons. The number of nitrogens with one attached hydrogen (secondary N) is 1. The summed E-state index contributed by atoms with van der Waals surface area (Å²) < 4.78 is 43.4. The minimum Gasteiger partial charge on any atom is -0.497 e. The van der Waals surface area contributed by atoms with E-state index in [1.807, 2.05) is 0 Å². The van der Waals surface area contributed by atoms with Crippen LogP contribution in [0.3, 0.4) is 0 Å². The van der Waals surface area contributed by atoms with Crippen molar-refractivity contribution >= 4 is 0 Å². The molecule has 96 valence electrons. The van der Waals surface area contributed by atoms with E-state index >= 15 is 0 Å². The molecule has 1 unspecified atom stereocenters. The second-order valence-corrected chi connectivity index (χ2v) is 3.62. The summed E-state index contributed by atoms with van der Waals surface area (Å²) in [6.07, 6.45) is -4.75. The molecule has 0 aliphatic heterocycles. The molecule has 0 fully saturated rings. The summed E-state index contributed by atoms with van der Waals surface area (Å²) in [7, 11) is 2.76. The molecule has 1 atom stereocenters. The SMILES string of the molecule is CNCC(O)(c1ccc(OC)cc1)C(F)(F)F. The third kappa shape index (κ3) is 2.70. The monoisotopic (exact) mass is 249 g/mol. The van der Waals surface area contributed by atoms with Crippen LogP contribution < -0.4 is 10.1 Å². The molecule has 0 aliphatic carbocycles. The first-order valence-corrected chi connectivity index (χ1v) is 4.93. The van der Waals surface area contributed by atoms with Crippen LogP contribution in [-0.4, -0.2) is 32.0 Å². The molecule has 0 saturated carbocycles. The Balaban J connectivity index is 3.13. The van der Waals surface area contributed by atoms with Gasteiger partial charge in [-0.05, 0) is 24.7 Å². The van der Waals surface area contributed by atoms with E-state index in [2.05, 4.69) is 5.32 Å². The maximum absolute atomic E-state index is 12.8. The van der Waals surface area contributed by atoms with Crippen LogP contribution in [-0.2, 0) is 5.60 Å². The molecule has 0 saturated heterocycles. The van der Waals surface area contributed by atoms with E-state index in [9.17, 15) is 18.3 Å². The van der Waals surface area contributed by atoms with Crippen LogP contribution in [0.25, 0.3) is 0 Å². The molecule has 1 rings (SSSR count). The van der Waals surface area contributed by atoms with Crippen molar-refractivity contribution in [1.29, 1.82) is 0 Å². The number of halogens is 3. The van der Waals surface area contributed by atoms with Crippen LogP contribution in [0.1, 0.15) is 5.56 Å². The molecule has 1 aromatic carbocycles. The highest BCUT2D eigenvalue weighted by Crippen LogP contribution is 2.38. The van der Waals surface area contributed by atoms with Crippen molar-refractivity contribution in [3.63, 3.8) is 0 Å². The Morgan fingerprint density at radius 2 is 1.76 bits per heavy atom. The standard InChI is InChI=1S/C11H14F3NO2/c1-15-7-10(16,11(12,13)14)8-3-5-9(17-2)6-4-8/h3-6,15-16H,7H2,1-2H3. The van der Waals surface area contributed by atoms with Gasteiger partial charge in [0, 0.05) is 6.54 Å². The molecule has 6 heteroatoms. The van der Waals surface area contributed by atoms with Gasteiger partial charge in [-0.1, -0.05) is 12.1 Å². The second kappa shape index (κ2) is 4.93. The fourth-order valence-electron chi connectivity index (χ4n) is 1.49. The minimum absolute atomic E-state index is 0.222. The average molecular weight is 249 g/mol. The Morgan fingerprint density at radius 1 is 1.24 bits per heavy atom. The summed E-state index contributed by atoms with van der Waals surface area (Å²) in [6.45, 7) is -0.608. The molecular formula is C11H14F3NO2. The first-order valence-electron chi connectivity index (χ1n) is 4.93. The van der Waals surface area contributed by atoms with E-state index in [1.165, 1.54) is 38.4 Å². The van der Waals surface area contributed by atoms with Crippen LogP contribution in [0.4, 0.5) is 13.2 Å². The van der Waals surface area contributed by atoms with E-state index in [1.54, 1.807) is 0 Å². The van der Waals surface area contributed by atoms with Gasteiger partial charge in [0.05, 0.1) is 7.11 Å². The number of rotatable bonds is 4. The molecule has 0 amide bonds. The Morgan fingerprint density at radius 3 is 2.12 bits per heavy atom. The van der Waals surface area contributed by atoms with E-state index in [-0.39, 0.29) is 5.56 Å². The lowest BCUT2D eigenvalue weighted by atomic mass is 9.93. The normalized spacial score (nSPS) is 15.4. The third-order valence-electron chi connectivity index (χ3n) is 2.47. The number of aliphatic hydroxyl groups is 1. The Kier molecular flexibility index (Phi) is 4.00. The summed E-state index contributed by atoms with van der Waals surface area (Å²) in [4.78, 5) is 0. The molecule has 0 heterocycles. The lowest BCUT2D eigenvalue weighted by Gasteiger charge is -2.30. The highest BCUT2D eigenvalue weighted by Gasteiger charge is 2.54. The number of hydrogen-bond acceptors (Lipinski definition) is 3. The van der Waals surface area contributed by atoms with Crippen molar-refractivity contribution in [3.05, 3.63) is 29.8 Å². The molecule has 0 aromatic heterocycles. The first-order chi connectivity index (χ1) is 7.85. The zero-order valence-electron chi connectivity index (χ0n) is 9.51. The highest BCUT2D eigenvalue weighted by molar-refractivity contribution is 5.32. The molecule has 0 aliphatic rings. The van der Waals surface area contributed by atoms with Crippen LogP contribution in [0.5, 0.6) is 5.75 Å². The topological polar surface area (TPSA) is 41.5 Å². The fraction of sp³-hybridized carbons (Fsp3) is 0.455. The van der Waals surface area contributed by atoms with E-state index in [0.717, 1.165) is 0 Å². The number of likely N-dealkylation sites (N-methyl/N-ethyl adjacent to an activating group) is 1. The first kappa shape index (κ1) is 13.8. The molecule has 17 heavy (non-hydrogen) atoms. The Hall–Kier alpha value is -1.27. The summed E-state index contributed by atoms with van der Waals surface area (Å²) >= 11 is 0. The van der Waals surface area contributed by atoms with Crippen molar-refractivity contribution in [2.45, 2.75) is 11.8 Å². The van der Waals surface area contributed by atoms with Crippen molar-refractivity contribution in [1.82, 2.24) is 5.32 Å². The van der Waals surface area contributed by atoms with Gasteiger partial charge in [0.15, 0.2) is 5.60 Å². The van der Waals surface area contributed by atoms with Gasteiger partial charge >= 0.3 is 6.18 Å². The smallest absolute Gasteiger partial charge is 0.422 e. The van der Waals surface area contributed by atoms with Gasteiger partial charge in [0.25, 0.3) is 0 Å². The van der Waals surface area contributed by atoms with Gasteiger partial charge in [-0.2, -0.15) is 13.2 Å². The molecular weight excluding hydrogens is 235 g/mol. The van der Waals surface area contributed by atoms with Crippen molar-refractivity contribution in [2.75, 3.05) is 20.7 Å². The minimum atomic E-state index is -4.75. The predicted octanol–water partition coefficient (Wildman–Crippen LogP) is 1.66.